The molecule has 0 heterocycles. The first-order valence-corrected chi connectivity index (χ1v) is 7.42. The Morgan fingerprint density at radius 2 is 1.77 bits per heavy atom. The molecule has 4 heteroatoms. The second-order valence-corrected chi connectivity index (χ2v) is 5.81. The van der Waals surface area contributed by atoms with E-state index in [1.54, 1.807) is 32.9 Å². The maximum atomic E-state index is 12.5. The van der Waals surface area contributed by atoms with Crippen LogP contribution in [0, 0.1) is 11.3 Å². The Morgan fingerprint density at radius 3 is 2.27 bits per heavy atom. The van der Waals surface area contributed by atoms with Crippen molar-refractivity contribution < 1.29 is 19.1 Å². The summed E-state index contributed by atoms with van der Waals surface area (Å²) in [6, 6.07) is 9.07. The van der Waals surface area contributed by atoms with E-state index in [0.29, 0.717) is 11.1 Å². The Morgan fingerprint density at radius 1 is 1.18 bits per heavy atom. The molecule has 0 bridgehead atoms. The Kier molecular flexibility index (Phi) is 4.31. The van der Waals surface area contributed by atoms with Crippen molar-refractivity contribution in [3.63, 3.8) is 0 Å². The van der Waals surface area contributed by atoms with E-state index >= 15 is 0 Å². The summed E-state index contributed by atoms with van der Waals surface area (Å²) < 4.78 is 5.05. The molecule has 1 atom stereocenters. The zero-order valence-electron chi connectivity index (χ0n) is 13.3. The van der Waals surface area contributed by atoms with Gasteiger partial charge < -0.3 is 4.74 Å². The molecule has 0 N–H and O–H groups in total. The number of carbonyl (C=O) groups excluding carboxylic acids is 3. The minimum atomic E-state index is -1.39. The predicted octanol–water partition coefficient (Wildman–Crippen LogP) is 2.82. The molecule has 1 unspecified atom stereocenters. The first-order chi connectivity index (χ1) is 10.4. The molecular formula is C18H20O4. The van der Waals surface area contributed by atoms with Crippen molar-refractivity contribution in [2.45, 2.75) is 27.7 Å². The van der Waals surface area contributed by atoms with Crippen LogP contribution in [0.1, 0.15) is 33.3 Å². The minimum absolute atomic E-state index is 0.136. The first-order valence-electron chi connectivity index (χ1n) is 7.42. The van der Waals surface area contributed by atoms with E-state index in [4.69, 9.17) is 4.74 Å². The van der Waals surface area contributed by atoms with Crippen molar-refractivity contribution in [3.05, 3.63) is 41.5 Å². The monoisotopic (exact) mass is 300 g/mol. The highest BCUT2D eigenvalue weighted by Crippen LogP contribution is 2.50. The number of esters is 1. The van der Waals surface area contributed by atoms with Crippen molar-refractivity contribution in [2.75, 3.05) is 6.61 Å². The van der Waals surface area contributed by atoms with Gasteiger partial charge in [-0.3, -0.25) is 14.4 Å². The lowest BCUT2D eigenvalue weighted by molar-refractivity contribution is -0.155. The van der Waals surface area contributed by atoms with E-state index in [-0.39, 0.29) is 23.9 Å². The van der Waals surface area contributed by atoms with Crippen LogP contribution < -0.4 is 0 Å². The minimum Gasteiger partial charge on any atom is -0.465 e. The molecule has 1 aliphatic carbocycles. The SMILES string of the molecule is CCOC(=O)C1(C)C(=O)C(C(=O)C(C)C)=C1c1ccccc1. The lowest BCUT2D eigenvalue weighted by Crippen LogP contribution is -2.50. The molecule has 1 aromatic carbocycles. The highest BCUT2D eigenvalue weighted by molar-refractivity contribution is 6.42. The van der Waals surface area contributed by atoms with E-state index < -0.39 is 17.2 Å². The standard InChI is InChI=1S/C18H20O4/c1-5-22-17(21)18(4)14(12-9-7-6-8-10-12)13(16(18)20)15(19)11(2)3/h6-11H,5H2,1-4H3. The second-order valence-electron chi connectivity index (χ2n) is 5.81. The Labute approximate surface area is 130 Å². The molecule has 0 spiro atoms. The third-order valence-electron chi connectivity index (χ3n) is 3.95. The predicted molar refractivity (Wildman–Crippen MR) is 83.0 cm³/mol. The molecule has 22 heavy (non-hydrogen) atoms. The van der Waals surface area contributed by atoms with Gasteiger partial charge in [-0.1, -0.05) is 44.2 Å². The van der Waals surface area contributed by atoms with E-state index in [1.165, 1.54) is 6.92 Å². The molecule has 0 aliphatic heterocycles. The fraction of sp³-hybridized carbons (Fsp3) is 0.389. The molecule has 1 aliphatic rings. The molecule has 0 fully saturated rings. The number of Topliss-reactive ketones (excluding diaryl/α,β-unsaturated/α-hetero) is 2. The van der Waals surface area contributed by atoms with Crippen LogP contribution in [0.25, 0.3) is 5.57 Å². The zero-order chi connectivity index (χ0) is 16.5. The number of ketones is 2. The summed E-state index contributed by atoms with van der Waals surface area (Å²) in [6.07, 6.45) is 0. The van der Waals surface area contributed by atoms with Crippen LogP contribution in [0.3, 0.4) is 0 Å². The third kappa shape index (κ3) is 2.28. The molecule has 4 nitrogen and oxygen atoms in total. The fourth-order valence-electron chi connectivity index (χ4n) is 2.70. The van der Waals surface area contributed by atoms with Crippen LogP contribution in [0.2, 0.25) is 0 Å². The smallest absolute Gasteiger partial charge is 0.324 e. The van der Waals surface area contributed by atoms with E-state index in [2.05, 4.69) is 0 Å². The summed E-state index contributed by atoms with van der Waals surface area (Å²) >= 11 is 0. The lowest BCUT2D eigenvalue weighted by atomic mass is 9.59. The van der Waals surface area contributed by atoms with Crippen LogP contribution in [-0.2, 0) is 19.1 Å². The van der Waals surface area contributed by atoms with Crippen LogP contribution in [-0.4, -0.2) is 24.1 Å². The molecule has 0 aromatic heterocycles. The molecule has 116 valence electrons. The number of ether oxygens (including phenoxy) is 1. The van der Waals surface area contributed by atoms with Crippen molar-refractivity contribution >= 4 is 23.1 Å². The Bertz CT molecular complexity index is 655. The van der Waals surface area contributed by atoms with Gasteiger partial charge in [0.1, 0.15) is 0 Å². The van der Waals surface area contributed by atoms with Gasteiger partial charge in [0, 0.05) is 5.92 Å². The zero-order valence-corrected chi connectivity index (χ0v) is 13.3. The summed E-state index contributed by atoms with van der Waals surface area (Å²) in [6.45, 7) is 6.90. The number of hydrogen-bond donors (Lipinski definition) is 0. The lowest BCUT2D eigenvalue weighted by Gasteiger charge is -2.39. The molecule has 1 aromatic rings. The van der Waals surface area contributed by atoms with Gasteiger partial charge in [0.25, 0.3) is 0 Å². The summed E-state index contributed by atoms with van der Waals surface area (Å²) in [5.74, 6) is -1.57. The molecule has 0 saturated carbocycles. The highest BCUT2D eigenvalue weighted by atomic mass is 16.5. The van der Waals surface area contributed by atoms with Crippen molar-refractivity contribution in [1.82, 2.24) is 0 Å². The molecule has 0 radical (unpaired) electrons. The van der Waals surface area contributed by atoms with Gasteiger partial charge in [-0.05, 0) is 25.0 Å². The van der Waals surface area contributed by atoms with E-state index in [1.807, 2.05) is 18.2 Å². The third-order valence-corrected chi connectivity index (χ3v) is 3.95. The summed E-state index contributed by atoms with van der Waals surface area (Å²) in [7, 11) is 0. The average Bonchev–Trinajstić information content (AvgIpc) is 2.51. The van der Waals surface area contributed by atoms with Crippen LogP contribution in [0.5, 0.6) is 0 Å². The van der Waals surface area contributed by atoms with Crippen LogP contribution in [0.4, 0.5) is 0 Å². The van der Waals surface area contributed by atoms with Gasteiger partial charge in [0.2, 0.25) is 0 Å². The number of allylic oxidation sites excluding steroid dienone is 1. The van der Waals surface area contributed by atoms with Gasteiger partial charge in [-0.2, -0.15) is 0 Å². The van der Waals surface area contributed by atoms with E-state index in [9.17, 15) is 14.4 Å². The number of rotatable bonds is 5. The second kappa shape index (κ2) is 5.87. The summed E-state index contributed by atoms with van der Waals surface area (Å²) in [4.78, 5) is 37.2. The van der Waals surface area contributed by atoms with Gasteiger partial charge in [0.15, 0.2) is 17.0 Å². The van der Waals surface area contributed by atoms with Crippen LogP contribution >= 0.6 is 0 Å². The maximum absolute atomic E-state index is 12.5. The number of hydrogen-bond acceptors (Lipinski definition) is 4. The van der Waals surface area contributed by atoms with Gasteiger partial charge in [-0.15, -0.1) is 0 Å². The number of benzene rings is 1. The van der Waals surface area contributed by atoms with Crippen molar-refractivity contribution in [3.8, 4) is 0 Å². The van der Waals surface area contributed by atoms with Crippen molar-refractivity contribution in [1.29, 1.82) is 0 Å². The molecule has 0 saturated heterocycles. The maximum Gasteiger partial charge on any atom is 0.324 e. The van der Waals surface area contributed by atoms with Crippen molar-refractivity contribution in [2.24, 2.45) is 11.3 Å². The van der Waals surface area contributed by atoms with Gasteiger partial charge in [-0.25, -0.2) is 0 Å². The fourth-order valence-corrected chi connectivity index (χ4v) is 2.70. The van der Waals surface area contributed by atoms with Gasteiger partial charge in [0.05, 0.1) is 12.2 Å². The quantitative estimate of drug-likeness (QED) is 0.476. The normalized spacial score (nSPS) is 20.9. The van der Waals surface area contributed by atoms with E-state index in [0.717, 1.165) is 0 Å². The highest BCUT2D eigenvalue weighted by Gasteiger charge is 2.58. The topological polar surface area (TPSA) is 60.4 Å². The molecule has 2 rings (SSSR count). The van der Waals surface area contributed by atoms with Crippen LogP contribution in [0.15, 0.2) is 35.9 Å². The summed E-state index contributed by atoms with van der Waals surface area (Å²) in [5.41, 5.74) is -0.0642. The molecule has 0 amide bonds. The Balaban J connectivity index is 2.62. The van der Waals surface area contributed by atoms with Gasteiger partial charge >= 0.3 is 5.97 Å². The summed E-state index contributed by atoms with van der Waals surface area (Å²) in [5, 5.41) is 0. The largest absolute Gasteiger partial charge is 0.465 e. The first kappa shape index (κ1) is 16.1. The number of carbonyl (C=O) groups is 3. The molecular weight excluding hydrogens is 280 g/mol. The average molecular weight is 300 g/mol. The Hall–Kier alpha value is -2.23.